The molecule has 1 amide bonds. The number of hydrogen-bond donors (Lipinski definition) is 0. The van der Waals surface area contributed by atoms with E-state index >= 15 is 0 Å². The van der Waals surface area contributed by atoms with Crippen molar-refractivity contribution in [3.63, 3.8) is 0 Å². The summed E-state index contributed by atoms with van der Waals surface area (Å²) in [5.41, 5.74) is 1.92. The molecule has 2 nitrogen and oxygen atoms in total. The van der Waals surface area contributed by atoms with Gasteiger partial charge in [0.15, 0.2) is 0 Å². The standard InChI is InChI=1S/C11H9NO/c13-11-10(6-7-12-11)8-9-4-2-1-3-5-9/h1-7H,8H2. The van der Waals surface area contributed by atoms with E-state index in [-0.39, 0.29) is 5.91 Å². The van der Waals surface area contributed by atoms with Crippen molar-refractivity contribution < 1.29 is 4.79 Å². The summed E-state index contributed by atoms with van der Waals surface area (Å²) in [6.07, 6.45) is 4.01. The number of benzene rings is 1. The van der Waals surface area contributed by atoms with Crippen LogP contribution >= 0.6 is 0 Å². The smallest absolute Gasteiger partial charge is 0.267 e. The number of carbonyl (C=O) groups is 1. The molecule has 1 aromatic rings. The molecule has 0 atom stereocenters. The van der Waals surface area contributed by atoms with Gasteiger partial charge in [-0.25, -0.2) is 4.99 Å². The third-order valence-corrected chi connectivity index (χ3v) is 1.98. The van der Waals surface area contributed by atoms with Gasteiger partial charge in [-0.15, -0.1) is 0 Å². The Hall–Kier alpha value is -1.70. The molecule has 64 valence electrons. The number of allylic oxidation sites excluding steroid dienone is 1. The summed E-state index contributed by atoms with van der Waals surface area (Å²) in [5, 5.41) is 0. The van der Waals surface area contributed by atoms with Crippen LogP contribution < -0.4 is 0 Å². The minimum atomic E-state index is -0.108. The Morgan fingerprint density at radius 1 is 1.15 bits per heavy atom. The highest BCUT2D eigenvalue weighted by molar-refractivity contribution is 6.07. The van der Waals surface area contributed by atoms with Gasteiger partial charge in [0.25, 0.3) is 5.91 Å². The number of nitrogens with zero attached hydrogens (tertiary/aromatic N) is 1. The Bertz CT molecular complexity index is 376. The Labute approximate surface area is 76.6 Å². The predicted molar refractivity (Wildman–Crippen MR) is 51.7 cm³/mol. The third kappa shape index (κ3) is 1.72. The zero-order valence-electron chi connectivity index (χ0n) is 7.10. The monoisotopic (exact) mass is 171 g/mol. The molecule has 1 aliphatic rings. The molecule has 0 unspecified atom stereocenters. The number of rotatable bonds is 2. The summed E-state index contributed by atoms with van der Waals surface area (Å²) in [6.45, 7) is 0. The average Bonchev–Trinajstić information content (AvgIpc) is 2.54. The zero-order valence-corrected chi connectivity index (χ0v) is 7.10. The first kappa shape index (κ1) is 7.92. The van der Waals surface area contributed by atoms with Gasteiger partial charge < -0.3 is 0 Å². The number of carbonyl (C=O) groups excluding carboxylic acids is 1. The van der Waals surface area contributed by atoms with E-state index in [1.807, 2.05) is 30.3 Å². The van der Waals surface area contributed by atoms with Crippen LogP contribution in [0.15, 0.2) is 47.0 Å². The summed E-state index contributed by atoms with van der Waals surface area (Å²) in [4.78, 5) is 14.8. The average molecular weight is 171 g/mol. The highest BCUT2D eigenvalue weighted by atomic mass is 16.1. The van der Waals surface area contributed by atoms with E-state index < -0.39 is 0 Å². The van der Waals surface area contributed by atoms with E-state index in [9.17, 15) is 4.79 Å². The maximum atomic E-state index is 11.1. The molecule has 0 radical (unpaired) electrons. The van der Waals surface area contributed by atoms with Gasteiger partial charge in [0.2, 0.25) is 0 Å². The lowest BCUT2D eigenvalue weighted by Crippen LogP contribution is -1.97. The summed E-state index contributed by atoms with van der Waals surface area (Å²) in [6, 6.07) is 9.91. The van der Waals surface area contributed by atoms with Crippen molar-refractivity contribution in [3.8, 4) is 0 Å². The zero-order chi connectivity index (χ0) is 9.10. The molecular weight excluding hydrogens is 162 g/mol. The Balaban J connectivity index is 2.12. The van der Waals surface area contributed by atoms with Gasteiger partial charge >= 0.3 is 0 Å². The largest absolute Gasteiger partial charge is 0.273 e. The SMILES string of the molecule is O=C1N=CC=C1Cc1ccccc1. The first-order valence-corrected chi connectivity index (χ1v) is 4.18. The molecule has 1 aliphatic heterocycles. The molecule has 2 heteroatoms. The summed E-state index contributed by atoms with van der Waals surface area (Å²) >= 11 is 0. The lowest BCUT2D eigenvalue weighted by atomic mass is 10.1. The van der Waals surface area contributed by atoms with Crippen LogP contribution in [0.1, 0.15) is 5.56 Å². The fourth-order valence-corrected chi connectivity index (χ4v) is 1.30. The van der Waals surface area contributed by atoms with Crippen molar-refractivity contribution >= 4 is 12.1 Å². The first-order valence-electron chi connectivity index (χ1n) is 4.18. The lowest BCUT2D eigenvalue weighted by molar-refractivity contribution is -0.114. The molecule has 0 saturated heterocycles. The van der Waals surface area contributed by atoms with Gasteiger partial charge in [-0.3, -0.25) is 4.79 Å². The third-order valence-electron chi connectivity index (χ3n) is 1.98. The molecule has 0 bridgehead atoms. The molecular formula is C11H9NO. The van der Waals surface area contributed by atoms with Crippen LogP contribution in [0.2, 0.25) is 0 Å². The molecule has 0 fully saturated rings. The van der Waals surface area contributed by atoms with Gasteiger partial charge in [0.1, 0.15) is 0 Å². The second-order valence-corrected chi connectivity index (χ2v) is 2.94. The Morgan fingerprint density at radius 2 is 1.92 bits per heavy atom. The van der Waals surface area contributed by atoms with Crippen LogP contribution in [-0.2, 0) is 11.2 Å². The Morgan fingerprint density at radius 3 is 2.54 bits per heavy atom. The fourth-order valence-electron chi connectivity index (χ4n) is 1.30. The molecule has 0 aromatic heterocycles. The Kier molecular flexibility index (Phi) is 2.04. The summed E-state index contributed by atoms with van der Waals surface area (Å²) < 4.78 is 0. The van der Waals surface area contributed by atoms with Gasteiger partial charge in [-0.05, 0) is 11.6 Å². The predicted octanol–water partition coefficient (Wildman–Crippen LogP) is 1.77. The van der Waals surface area contributed by atoms with Crippen LogP contribution in [0.25, 0.3) is 0 Å². The molecule has 1 heterocycles. The van der Waals surface area contributed by atoms with Gasteiger partial charge in [-0.1, -0.05) is 30.3 Å². The fraction of sp³-hybridized carbons (Fsp3) is 0.0909. The van der Waals surface area contributed by atoms with Crippen molar-refractivity contribution in [3.05, 3.63) is 47.5 Å². The normalized spacial score (nSPS) is 14.8. The number of amides is 1. The maximum absolute atomic E-state index is 11.1. The molecule has 0 N–H and O–H groups in total. The molecule has 0 aliphatic carbocycles. The summed E-state index contributed by atoms with van der Waals surface area (Å²) in [7, 11) is 0. The van der Waals surface area contributed by atoms with E-state index in [1.54, 1.807) is 12.3 Å². The van der Waals surface area contributed by atoms with E-state index in [2.05, 4.69) is 4.99 Å². The molecule has 0 spiro atoms. The van der Waals surface area contributed by atoms with Crippen molar-refractivity contribution in [2.75, 3.05) is 0 Å². The van der Waals surface area contributed by atoms with Crippen molar-refractivity contribution in [1.82, 2.24) is 0 Å². The minimum absolute atomic E-state index is 0.108. The topological polar surface area (TPSA) is 29.4 Å². The maximum Gasteiger partial charge on any atom is 0.273 e. The van der Waals surface area contributed by atoms with Crippen LogP contribution in [0.4, 0.5) is 0 Å². The molecule has 1 aromatic carbocycles. The van der Waals surface area contributed by atoms with Gasteiger partial charge in [-0.2, -0.15) is 0 Å². The molecule has 0 saturated carbocycles. The highest BCUT2D eigenvalue weighted by Crippen LogP contribution is 2.11. The van der Waals surface area contributed by atoms with E-state index in [1.165, 1.54) is 0 Å². The van der Waals surface area contributed by atoms with E-state index in [4.69, 9.17) is 0 Å². The van der Waals surface area contributed by atoms with Crippen LogP contribution in [0.5, 0.6) is 0 Å². The highest BCUT2D eigenvalue weighted by Gasteiger charge is 2.11. The van der Waals surface area contributed by atoms with E-state index in [0.29, 0.717) is 6.42 Å². The van der Waals surface area contributed by atoms with E-state index in [0.717, 1.165) is 11.1 Å². The van der Waals surface area contributed by atoms with Crippen LogP contribution in [-0.4, -0.2) is 12.1 Å². The van der Waals surface area contributed by atoms with Crippen LogP contribution in [0, 0.1) is 0 Å². The van der Waals surface area contributed by atoms with Crippen LogP contribution in [0.3, 0.4) is 0 Å². The van der Waals surface area contributed by atoms with Crippen molar-refractivity contribution in [2.45, 2.75) is 6.42 Å². The van der Waals surface area contributed by atoms with Gasteiger partial charge in [0.05, 0.1) is 0 Å². The summed E-state index contributed by atoms with van der Waals surface area (Å²) in [5.74, 6) is -0.108. The van der Waals surface area contributed by atoms with Crippen molar-refractivity contribution in [1.29, 1.82) is 0 Å². The lowest BCUT2D eigenvalue weighted by Gasteiger charge is -1.98. The molecule has 2 rings (SSSR count). The second-order valence-electron chi connectivity index (χ2n) is 2.94. The molecule has 13 heavy (non-hydrogen) atoms. The quantitative estimate of drug-likeness (QED) is 0.666. The second kappa shape index (κ2) is 3.35. The first-order chi connectivity index (χ1) is 6.36. The minimum Gasteiger partial charge on any atom is -0.267 e. The van der Waals surface area contributed by atoms with Crippen molar-refractivity contribution in [2.24, 2.45) is 4.99 Å². The number of aliphatic imine (C=N–C) groups is 1. The number of hydrogen-bond acceptors (Lipinski definition) is 1. The van der Waals surface area contributed by atoms with Gasteiger partial charge in [0, 0.05) is 18.2 Å².